The van der Waals surface area contributed by atoms with Crippen LogP contribution in [0, 0.1) is 0 Å². The number of halogens is 3. The van der Waals surface area contributed by atoms with Gasteiger partial charge in [-0.2, -0.15) is 13.2 Å². The first kappa shape index (κ1) is 18.2. The highest BCUT2D eigenvalue weighted by molar-refractivity contribution is 7.15. The monoisotopic (exact) mass is 323 g/mol. The van der Waals surface area contributed by atoms with Gasteiger partial charge in [-0.1, -0.05) is 27.7 Å². The van der Waals surface area contributed by atoms with E-state index >= 15 is 0 Å². The van der Waals surface area contributed by atoms with Crippen molar-refractivity contribution in [2.24, 2.45) is 0 Å². The van der Waals surface area contributed by atoms with Crippen LogP contribution in [0.4, 0.5) is 18.3 Å². The average molecular weight is 323 g/mol. The molecular weight excluding hydrogens is 299 g/mol. The zero-order valence-corrected chi connectivity index (χ0v) is 14.0. The van der Waals surface area contributed by atoms with Gasteiger partial charge in [0, 0.05) is 31.1 Å². The van der Waals surface area contributed by atoms with E-state index in [1.807, 2.05) is 13.8 Å². The summed E-state index contributed by atoms with van der Waals surface area (Å²) in [5.74, 6) is 0.259. The van der Waals surface area contributed by atoms with Crippen LogP contribution in [0.2, 0.25) is 0 Å². The van der Waals surface area contributed by atoms with Crippen molar-refractivity contribution in [3.05, 3.63) is 10.6 Å². The molecule has 0 bridgehead atoms. The van der Waals surface area contributed by atoms with Crippen molar-refractivity contribution >= 4 is 16.5 Å². The van der Waals surface area contributed by atoms with Crippen LogP contribution in [-0.2, 0) is 6.54 Å². The predicted octanol–water partition coefficient (Wildman–Crippen LogP) is 4.15. The Balaban J connectivity index is 2.80. The minimum atomic E-state index is -4.13. The van der Waals surface area contributed by atoms with Crippen molar-refractivity contribution in [1.29, 1.82) is 0 Å². The Labute approximate surface area is 128 Å². The van der Waals surface area contributed by atoms with Gasteiger partial charge in [-0.25, -0.2) is 4.98 Å². The quantitative estimate of drug-likeness (QED) is 0.817. The Morgan fingerprint density at radius 2 is 1.86 bits per heavy atom. The van der Waals surface area contributed by atoms with Gasteiger partial charge in [0.25, 0.3) is 0 Å². The molecule has 3 nitrogen and oxygen atoms in total. The lowest BCUT2D eigenvalue weighted by Gasteiger charge is -2.16. The summed E-state index contributed by atoms with van der Waals surface area (Å²) in [5.41, 5.74) is 0.974. The topological polar surface area (TPSA) is 28.2 Å². The number of nitrogens with zero attached hydrogens (tertiary/aromatic N) is 2. The highest BCUT2D eigenvalue weighted by Gasteiger charge is 2.28. The molecule has 1 rings (SSSR count). The molecule has 0 spiro atoms. The summed E-state index contributed by atoms with van der Waals surface area (Å²) in [4.78, 5) is 7.22. The van der Waals surface area contributed by atoms with Crippen LogP contribution >= 0.6 is 11.3 Å². The lowest BCUT2D eigenvalue weighted by Crippen LogP contribution is -2.23. The first-order valence-corrected chi connectivity index (χ1v) is 7.92. The largest absolute Gasteiger partial charge is 0.390 e. The van der Waals surface area contributed by atoms with E-state index in [1.54, 1.807) is 11.9 Å². The predicted molar refractivity (Wildman–Crippen MR) is 82.1 cm³/mol. The molecule has 0 atom stereocenters. The number of alkyl halides is 3. The third-order valence-corrected chi connectivity index (χ3v) is 4.18. The smallest absolute Gasteiger partial charge is 0.351 e. The van der Waals surface area contributed by atoms with Crippen LogP contribution in [0.15, 0.2) is 0 Å². The summed E-state index contributed by atoms with van der Waals surface area (Å²) in [6, 6.07) is 0.360. The third kappa shape index (κ3) is 6.22. The van der Waals surface area contributed by atoms with Crippen LogP contribution in [0.5, 0.6) is 0 Å². The van der Waals surface area contributed by atoms with E-state index in [2.05, 4.69) is 24.1 Å². The zero-order chi connectivity index (χ0) is 16.2. The summed E-state index contributed by atoms with van der Waals surface area (Å²) in [6.07, 6.45) is -4.95. The lowest BCUT2D eigenvalue weighted by molar-refractivity contribution is -0.132. The number of aromatic nitrogens is 1. The summed E-state index contributed by atoms with van der Waals surface area (Å²) in [6.45, 7) is 8.86. The molecule has 0 fully saturated rings. The van der Waals surface area contributed by atoms with Crippen molar-refractivity contribution in [2.75, 3.05) is 18.5 Å². The molecule has 0 aromatic carbocycles. The Morgan fingerprint density at radius 3 is 2.33 bits per heavy atom. The van der Waals surface area contributed by atoms with Crippen molar-refractivity contribution in [2.45, 2.75) is 58.8 Å². The van der Waals surface area contributed by atoms with E-state index in [-0.39, 0.29) is 12.5 Å². The van der Waals surface area contributed by atoms with Crippen LogP contribution < -0.4 is 10.2 Å². The van der Waals surface area contributed by atoms with Gasteiger partial charge in [0.1, 0.15) is 0 Å². The van der Waals surface area contributed by atoms with Crippen LogP contribution in [0.25, 0.3) is 0 Å². The van der Waals surface area contributed by atoms with E-state index in [0.717, 1.165) is 10.6 Å². The fourth-order valence-electron chi connectivity index (χ4n) is 1.78. The third-order valence-electron chi connectivity index (χ3n) is 2.99. The maximum atomic E-state index is 12.3. The van der Waals surface area contributed by atoms with Crippen molar-refractivity contribution < 1.29 is 13.2 Å². The van der Waals surface area contributed by atoms with Gasteiger partial charge >= 0.3 is 6.18 Å². The SMILES string of the molecule is CC(C)NCc1sc(N(C)CCC(F)(F)F)nc1C(C)C. The van der Waals surface area contributed by atoms with E-state index in [4.69, 9.17) is 0 Å². The summed E-state index contributed by atoms with van der Waals surface area (Å²) < 4.78 is 36.9. The van der Waals surface area contributed by atoms with Crippen LogP contribution in [-0.4, -0.2) is 30.8 Å². The molecule has 0 radical (unpaired) electrons. The van der Waals surface area contributed by atoms with Gasteiger partial charge in [-0.3, -0.25) is 0 Å². The average Bonchev–Trinajstić information content (AvgIpc) is 2.76. The first-order valence-electron chi connectivity index (χ1n) is 7.11. The molecule has 1 N–H and O–H groups in total. The summed E-state index contributed by atoms with van der Waals surface area (Å²) in [5, 5.41) is 3.99. The molecule has 0 unspecified atom stereocenters. The second-order valence-electron chi connectivity index (χ2n) is 5.78. The molecule has 0 aliphatic carbocycles. The van der Waals surface area contributed by atoms with Gasteiger partial charge in [0.05, 0.1) is 12.1 Å². The second kappa shape index (κ2) is 7.45. The van der Waals surface area contributed by atoms with Crippen LogP contribution in [0.1, 0.15) is 50.6 Å². The van der Waals surface area contributed by atoms with Crippen molar-refractivity contribution in [3.63, 3.8) is 0 Å². The van der Waals surface area contributed by atoms with Crippen LogP contribution in [0.3, 0.4) is 0 Å². The minimum absolute atomic E-state index is 0.0639. The highest BCUT2D eigenvalue weighted by Crippen LogP contribution is 2.31. The molecule has 0 aliphatic rings. The molecule has 21 heavy (non-hydrogen) atoms. The number of hydrogen-bond acceptors (Lipinski definition) is 4. The van der Waals surface area contributed by atoms with Crippen molar-refractivity contribution in [3.8, 4) is 0 Å². The lowest BCUT2D eigenvalue weighted by atomic mass is 10.1. The summed E-state index contributed by atoms with van der Waals surface area (Å²) in [7, 11) is 1.66. The molecule has 1 aromatic rings. The molecule has 0 amide bonds. The maximum Gasteiger partial charge on any atom is 0.390 e. The summed E-state index contributed by atoms with van der Waals surface area (Å²) >= 11 is 1.47. The van der Waals surface area contributed by atoms with Gasteiger partial charge in [-0.15, -0.1) is 11.3 Å². The maximum absolute atomic E-state index is 12.3. The van der Waals surface area contributed by atoms with Gasteiger partial charge in [0.15, 0.2) is 5.13 Å². The number of thiazole rings is 1. The van der Waals surface area contributed by atoms with Gasteiger partial charge in [-0.05, 0) is 5.92 Å². The Morgan fingerprint density at radius 1 is 1.24 bits per heavy atom. The minimum Gasteiger partial charge on any atom is -0.351 e. The normalized spacial score (nSPS) is 12.5. The van der Waals surface area contributed by atoms with E-state index in [0.29, 0.717) is 17.7 Å². The Hall–Kier alpha value is -0.820. The Bertz CT molecular complexity index is 441. The van der Waals surface area contributed by atoms with Gasteiger partial charge in [0.2, 0.25) is 0 Å². The molecular formula is C14H24F3N3S. The molecule has 0 saturated carbocycles. The molecule has 1 aromatic heterocycles. The molecule has 122 valence electrons. The molecule has 7 heteroatoms. The number of hydrogen-bond donors (Lipinski definition) is 1. The van der Waals surface area contributed by atoms with Gasteiger partial charge < -0.3 is 10.2 Å². The fourth-order valence-corrected chi connectivity index (χ4v) is 2.93. The number of anilines is 1. The molecule has 0 saturated heterocycles. The molecule has 1 heterocycles. The zero-order valence-electron chi connectivity index (χ0n) is 13.2. The second-order valence-corrected chi connectivity index (χ2v) is 6.84. The highest BCUT2D eigenvalue weighted by atomic mass is 32.1. The standard InChI is InChI=1S/C14H24F3N3S/c1-9(2)12-11(8-18-10(3)4)21-13(19-12)20(5)7-6-14(15,16)17/h9-10,18H,6-8H2,1-5H3. The van der Waals surface area contributed by atoms with E-state index in [9.17, 15) is 13.2 Å². The number of nitrogens with one attached hydrogen (secondary N) is 1. The van der Waals surface area contributed by atoms with E-state index < -0.39 is 12.6 Å². The molecule has 0 aliphatic heterocycles. The van der Waals surface area contributed by atoms with Crippen molar-refractivity contribution in [1.82, 2.24) is 10.3 Å². The fraction of sp³-hybridized carbons (Fsp3) is 0.786. The number of rotatable bonds is 7. The Kier molecular flexibility index (Phi) is 6.46. The first-order chi connectivity index (χ1) is 9.60. The van der Waals surface area contributed by atoms with E-state index in [1.165, 1.54) is 11.3 Å².